The van der Waals surface area contributed by atoms with Crippen molar-refractivity contribution >= 4 is 23.4 Å². The maximum Gasteiger partial charge on any atom is 0.416 e. The number of benzene rings is 2. The van der Waals surface area contributed by atoms with Gasteiger partial charge in [-0.3, -0.25) is 4.79 Å². The number of hydrogen-bond donors (Lipinski definition) is 1. The number of hydrogen-bond acceptors (Lipinski definition) is 4. The molecule has 140 valence electrons. The molecule has 27 heavy (non-hydrogen) atoms. The van der Waals surface area contributed by atoms with Crippen LogP contribution in [0.4, 0.5) is 18.9 Å². The third-order valence-corrected chi connectivity index (χ3v) is 4.72. The zero-order valence-corrected chi connectivity index (χ0v) is 15.0. The second-order valence-electron chi connectivity index (χ2n) is 5.77. The Kier molecular flexibility index (Phi) is 5.50. The van der Waals surface area contributed by atoms with Gasteiger partial charge in [0.05, 0.1) is 12.0 Å². The van der Waals surface area contributed by atoms with Gasteiger partial charge in [-0.1, -0.05) is 12.1 Å². The summed E-state index contributed by atoms with van der Waals surface area (Å²) in [5.41, 5.74) is 0.381. The minimum atomic E-state index is -4.38. The predicted molar refractivity (Wildman–Crippen MR) is 95.3 cm³/mol. The van der Waals surface area contributed by atoms with E-state index >= 15 is 0 Å². The number of halogens is 3. The lowest BCUT2D eigenvalue weighted by molar-refractivity contribution is -0.137. The fourth-order valence-corrected chi connectivity index (χ4v) is 3.04. The molecular weight excluding hydrogens is 377 g/mol. The van der Waals surface area contributed by atoms with E-state index in [1.165, 1.54) is 23.9 Å². The van der Waals surface area contributed by atoms with Crippen molar-refractivity contribution in [3.63, 3.8) is 0 Å². The molecule has 0 atom stereocenters. The number of alkyl halides is 3. The fourth-order valence-electron chi connectivity index (χ4n) is 2.28. The van der Waals surface area contributed by atoms with Gasteiger partial charge in [-0.2, -0.15) is 13.2 Å². The van der Waals surface area contributed by atoms with Crippen LogP contribution in [-0.2, 0) is 24.4 Å². The SMILES string of the molecule is Cn1cnnc1Sc1ccc(NC(=O)Cc2ccc(C(F)(F)F)cc2)cc1. The van der Waals surface area contributed by atoms with E-state index in [0.717, 1.165) is 22.2 Å². The van der Waals surface area contributed by atoms with Crippen LogP contribution >= 0.6 is 11.8 Å². The zero-order valence-electron chi connectivity index (χ0n) is 14.2. The molecule has 5 nitrogen and oxygen atoms in total. The molecular formula is C18H15F3N4OS. The second-order valence-corrected chi connectivity index (χ2v) is 6.81. The van der Waals surface area contributed by atoms with Crippen molar-refractivity contribution in [2.45, 2.75) is 22.6 Å². The number of nitrogens with zero attached hydrogens (tertiary/aromatic N) is 3. The quantitative estimate of drug-likeness (QED) is 0.708. The topological polar surface area (TPSA) is 59.8 Å². The van der Waals surface area contributed by atoms with E-state index in [4.69, 9.17) is 0 Å². The van der Waals surface area contributed by atoms with E-state index in [-0.39, 0.29) is 12.3 Å². The maximum atomic E-state index is 12.6. The van der Waals surface area contributed by atoms with Crippen LogP contribution in [0.15, 0.2) is 64.9 Å². The molecule has 0 saturated carbocycles. The van der Waals surface area contributed by atoms with Crippen molar-refractivity contribution in [3.8, 4) is 0 Å². The normalized spacial score (nSPS) is 11.4. The lowest BCUT2D eigenvalue weighted by atomic mass is 10.1. The van der Waals surface area contributed by atoms with Crippen molar-refractivity contribution in [1.29, 1.82) is 0 Å². The van der Waals surface area contributed by atoms with E-state index in [0.29, 0.717) is 11.3 Å². The van der Waals surface area contributed by atoms with Gasteiger partial charge >= 0.3 is 6.18 Å². The van der Waals surface area contributed by atoms with Crippen LogP contribution in [0, 0.1) is 0 Å². The summed E-state index contributed by atoms with van der Waals surface area (Å²) in [6.45, 7) is 0. The molecule has 3 rings (SSSR count). The number of rotatable bonds is 5. The van der Waals surface area contributed by atoms with Crippen LogP contribution in [0.2, 0.25) is 0 Å². The van der Waals surface area contributed by atoms with Gasteiger partial charge in [-0.05, 0) is 53.7 Å². The standard InChI is InChI=1S/C18H15F3N4OS/c1-25-11-22-24-17(25)27-15-8-6-14(7-9-15)23-16(26)10-12-2-4-13(5-3-12)18(19,20)21/h2-9,11H,10H2,1H3,(H,23,26). The Labute approximate surface area is 157 Å². The van der Waals surface area contributed by atoms with Gasteiger partial charge < -0.3 is 9.88 Å². The molecule has 0 radical (unpaired) electrons. The first-order valence-corrected chi connectivity index (χ1v) is 8.71. The third kappa shape index (κ3) is 5.10. The molecule has 0 fully saturated rings. The summed E-state index contributed by atoms with van der Waals surface area (Å²) in [7, 11) is 1.85. The van der Waals surface area contributed by atoms with Crippen molar-refractivity contribution in [2.24, 2.45) is 7.05 Å². The highest BCUT2D eigenvalue weighted by Crippen LogP contribution is 2.29. The smallest absolute Gasteiger partial charge is 0.326 e. The van der Waals surface area contributed by atoms with Crippen LogP contribution in [0.5, 0.6) is 0 Å². The summed E-state index contributed by atoms with van der Waals surface area (Å²) in [6, 6.07) is 11.8. The van der Waals surface area contributed by atoms with Crippen LogP contribution in [-0.4, -0.2) is 20.7 Å². The molecule has 9 heteroatoms. The molecule has 3 aromatic rings. The largest absolute Gasteiger partial charge is 0.416 e. The minimum absolute atomic E-state index is 0.00637. The Hall–Kier alpha value is -2.81. The summed E-state index contributed by atoms with van der Waals surface area (Å²) >= 11 is 1.44. The molecule has 0 aliphatic heterocycles. The van der Waals surface area contributed by atoms with Gasteiger partial charge in [0.1, 0.15) is 6.33 Å². The first-order valence-electron chi connectivity index (χ1n) is 7.89. The van der Waals surface area contributed by atoms with Gasteiger partial charge in [-0.15, -0.1) is 10.2 Å². The van der Waals surface area contributed by atoms with Gasteiger partial charge in [0.25, 0.3) is 0 Å². The highest BCUT2D eigenvalue weighted by molar-refractivity contribution is 7.99. The second kappa shape index (κ2) is 7.83. The summed E-state index contributed by atoms with van der Waals surface area (Å²) in [6.07, 6.45) is -2.78. The molecule has 2 aromatic carbocycles. The Morgan fingerprint density at radius 2 is 1.78 bits per heavy atom. The summed E-state index contributed by atoms with van der Waals surface area (Å²) in [5.74, 6) is -0.302. The summed E-state index contributed by atoms with van der Waals surface area (Å²) in [4.78, 5) is 13.0. The van der Waals surface area contributed by atoms with Gasteiger partial charge in [-0.25, -0.2) is 0 Å². The fraction of sp³-hybridized carbons (Fsp3) is 0.167. The Bertz CT molecular complexity index is 921. The maximum absolute atomic E-state index is 12.6. The molecule has 0 saturated heterocycles. The van der Waals surface area contributed by atoms with E-state index in [9.17, 15) is 18.0 Å². The van der Waals surface area contributed by atoms with E-state index in [1.807, 2.05) is 19.2 Å². The van der Waals surface area contributed by atoms with Crippen molar-refractivity contribution in [2.75, 3.05) is 5.32 Å². The molecule has 0 aliphatic carbocycles. The van der Waals surface area contributed by atoms with E-state index in [1.54, 1.807) is 23.0 Å². The Balaban J connectivity index is 1.57. The molecule has 1 heterocycles. The number of aryl methyl sites for hydroxylation is 1. The van der Waals surface area contributed by atoms with Gasteiger partial charge in [0.2, 0.25) is 5.91 Å². The van der Waals surface area contributed by atoms with Gasteiger partial charge in [0.15, 0.2) is 5.16 Å². The number of carbonyl (C=O) groups is 1. The average Bonchev–Trinajstić information content (AvgIpc) is 3.01. The number of carbonyl (C=O) groups excluding carboxylic acids is 1. The number of aromatic nitrogens is 3. The minimum Gasteiger partial charge on any atom is -0.326 e. The summed E-state index contributed by atoms with van der Waals surface area (Å²) < 4.78 is 39.5. The molecule has 0 unspecified atom stereocenters. The summed E-state index contributed by atoms with van der Waals surface area (Å²) in [5, 5.41) is 11.3. The first-order chi connectivity index (χ1) is 12.8. The monoisotopic (exact) mass is 392 g/mol. The molecule has 1 amide bonds. The molecule has 1 aromatic heterocycles. The lowest BCUT2D eigenvalue weighted by Gasteiger charge is -2.09. The number of amides is 1. The van der Waals surface area contributed by atoms with Crippen LogP contribution < -0.4 is 5.32 Å². The number of anilines is 1. The van der Waals surface area contributed by atoms with Gasteiger partial charge in [0, 0.05) is 17.6 Å². The zero-order chi connectivity index (χ0) is 19.4. The van der Waals surface area contributed by atoms with Crippen LogP contribution in [0.1, 0.15) is 11.1 Å². The highest BCUT2D eigenvalue weighted by Gasteiger charge is 2.29. The first kappa shape index (κ1) is 19.0. The number of nitrogens with one attached hydrogen (secondary N) is 1. The van der Waals surface area contributed by atoms with E-state index < -0.39 is 11.7 Å². The molecule has 1 N–H and O–H groups in total. The third-order valence-electron chi connectivity index (χ3n) is 3.66. The van der Waals surface area contributed by atoms with Crippen molar-refractivity contribution in [1.82, 2.24) is 14.8 Å². The average molecular weight is 392 g/mol. The molecule has 0 bridgehead atoms. The van der Waals surface area contributed by atoms with Crippen molar-refractivity contribution in [3.05, 3.63) is 66.0 Å². The molecule has 0 spiro atoms. The molecule has 0 aliphatic rings. The van der Waals surface area contributed by atoms with Crippen molar-refractivity contribution < 1.29 is 18.0 Å². The Morgan fingerprint density at radius 3 is 2.33 bits per heavy atom. The predicted octanol–water partition coefficient (Wildman–Crippen LogP) is 4.17. The van der Waals surface area contributed by atoms with Crippen LogP contribution in [0.3, 0.4) is 0 Å². The Morgan fingerprint density at radius 1 is 1.11 bits per heavy atom. The van der Waals surface area contributed by atoms with E-state index in [2.05, 4.69) is 15.5 Å². The highest BCUT2D eigenvalue weighted by atomic mass is 32.2. The van der Waals surface area contributed by atoms with Crippen LogP contribution in [0.25, 0.3) is 0 Å². The lowest BCUT2D eigenvalue weighted by Crippen LogP contribution is -2.14.